The van der Waals surface area contributed by atoms with Gasteiger partial charge in [-0.1, -0.05) is 78.0 Å². The van der Waals surface area contributed by atoms with Crippen LogP contribution in [0.5, 0.6) is 5.88 Å². The van der Waals surface area contributed by atoms with Crippen LogP contribution in [0.4, 0.5) is 5.69 Å². The summed E-state index contributed by atoms with van der Waals surface area (Å²) in [6.45, 7) is 1.47. The SMILES string of the molecule is N.O=c1[nH]n(C(c2ccccc2)c2ccc(N[C@H]3CCOC3)cc2)c([O-])c1Sc1ccccc1Cl. The van der Waals surface area contributed by atoms with Gasteiger partial charge in [-0.05, 0) is 41.8 Å². The number of anilines is 1. The van der Waals surface area contributed by atoms with Crippen molar-refractivity contribution in [3.63, 3.8) is 0 Å². The van der Waals surface area contributed by atoms with E-state index in [1.165, 1.54) is 4.68 Å². The second-order valence-electron chi connectivity index (χ2n) is 8.12. The number of hydrogen-bond acceptors (Lipinski definition) is 6. The van der Waals surface area contributed by atoms with E-state index in [1.807, 2.05) is 66.7 Å². The van der Waals surface area contributed by atoms with Crippen LogP contribution >= 0.6 is 23.4 Å². The molecule has 1 fully saturated rings. The van der Waals surface area contributed by atoms with Gasteiger partial charge in [-0.15, -0.1) is 0 Å². The van der Waals surface area contributed by atoms with Crippen LogP contribution in [0.25, 0.3) is 0 Å². The Morgan fingerprint density at radius 1 is 1.03 bits per heavy atom. The Kier molecular flexibility index (Phi) is 7.87. The van der Waals surface area contributed by atoms with E-state index in [0.717, 1.165) is 41.6 Å². The normalized spacial score (nSPS) is 16.0. The number of aromatic nitrogens is 2. The van der Waals surface area contributed by atoms with E-state index >= 15 is 0 Å². The molecular weight excluding hydrogens is 484 g/mol. The van der Waals surface area contributed by atoms with Crippen LogP contribution in [0.3, 0.4) is 0 Å². The molecule has 5 N–H and O–H groups in total. The summed E-state index contributed by atoms with van der Waals surface area (Å²) in [5, 5.41) is 20.2. The minimum atomic E-state index is -0.481. The van der Waals surface area contributed by atoms with E-state index < -0.39 is 11.6 Å². The predicted octanol–water partition coefficient (Wildman–Crippen LogP) is 5.06. The summed E-state index contributed by atoms with van der Waals surface area (Å²) in [5.74, 6) is -0.380. The first kappa shape index (κ1) is 24.9. The molecule has 3 aromatic carbocycles. The summed E-state index contributed by atoms with van der Waals surface area (Å²) >= 11 is 7.35. The highest BCUT2D eigenvalue weighted by Gasteiger charge is 2.21. The fourth-order valence-electron chi connectivity index (χ4n) is 4.10. The fraction of sp³-hybridized carbons (Fsp3) is 0.192. The molecule has 7 nitrogen and oxygen atoms in total. The Hall–Kier alpha value is -3.17. The minimum Gasteiger partial charge on any atom is -0.858 e. The second kappa shape index (κ2) is 11.0. The van der Waals surface area contributed by atoms with Crippen LogP contribution < -0.4 is 22.1 Å². The average Bonchev–Trinajstić information content (AvgIpc) is 3.46. The third-order valence-electron chi connectivity index (χ3n) is 5.79. The molecule has 1 unspecified atom stereocenters. The topological polar surface area (TPSA) is 117 Å². The maximum absolute atomic E-state index is 13.4. The number of aromatic amines is 1. The molecule has 0 spiro atoms. The first-order valence-corrected chi connectivity index (χ1v) is 12.2. The summed E-state index contributed by atoms with van der Waals surface area (Å²) in [7, 11) is 0. The Balaban J connectivity index is 0.00000289. The fourth-order valence-corrected chi connectivity index (χ4v) is 5.21. The first-order chi connectivity index (χ1) is 16.6. The average molecular weight is 510 g/mol. The van der Waals surface area contributed by atoms with Crippen LogP contribution in [0.1, 0.15) is 23.6 Å². The number of hydrogen-bond donors (Lipinski definition) is 3. The molecule has 4 aromatic rings. The second-order valence-corrected chi connectivity index (χ2v) is 9.58. The number of benzene rings is 3. The van der Waals surface area contributed by atoms with Gasteiger partial charge in [0, 0.05) is 23.1 Å². The van der Waals surface area contributed by atoms with Crippen LogP contribution in [0, 0.1) is 0 Å². The third-order valence-corrected chi connectivity index (χ3v) is 7.37. The van der Waals surface area contributed by atoms with Gasteiger partial charge in [0.25, 0.3) is 5.56 Å². The zero-order valence-electron chi connectivity index (χ0n) is 18.9. The van der Waals surface area contributed by atoms with Crippen LogP contribution in [0.15, 0.2) is 93.4 Å². The predicted molar refractivity (Wildman–Crippen MR) is 138 cm³/mol. The summed E-state index contributed by atoms with van der Waals surface area (Å²) in [6, 6.07) is 24.6. The maximum atomic E-state index is 13.4. The van der Waals surface area contributed by atoms with Gasteiger partial charge in [0.15, 0.2) is 0 Å². The standard InChI is InChI=1S/C26H24ClN3O3S.H3N/c27-21-8-4-5-9-22(21)34-24-25(31)29-30(26(24)32)23(17-6-2-1-3-7-17)18-10-12-19(13-11-18)28-20-14-15-33-16-20;/h1-13,20,23,28,32H,14-16H2,(H,29,31);1H3/p-1/t20-,23?;/m0./s1. The summed E-state index contributed by atoms with van der Waals surface area (Å²) in [6.07, 6.45) is 0.977. The molecule has 1 saturated heterocycles. The molecule has 0 amide bonds. The lowest BCUT2D eigenvalue weighted by atomic mass is 9.98. The van der Waals surface area contributed by atoms with Crippen LogP contribution in [-0.4, -0.2) is 29.0 Å². The van der Waals surface area contributed by atoms with E-state index in [-0.39, 0.29) is 16.9 Å². The summed E-state index contributed by atoms with van der Waals surface area (Å²) in [4.78, 5) is 13.6. The zero-order valence-corrected chi connectivity index (χ0v) is 20.5. The van der Waals surface area contributed by atoms with Gasteiger partial charge < -0.3 is 21.3 Å². The molecule has 0 saturated carbocycles. The lowest BCUT2D eigenvalue weighted by Crippen LogP contribution is -2.19. The quantitative estimate of drug-likeness (QED) is 0.321. The molecular formula is C26H26ClN4O3S-. The van der Waals surface area contributed by atoms with Crippen LogP contribution in [-0.2, 0) is 4.74 Å². The molecule has 35 heavy (non-hydrogen) atoms. The van der Waals surface area contributed by atoms with Crippen molar-refractivity contribution < 1.29 is 9.84 Å². The molecule has 182 valence electrons. The van der Waals surface area contributed by atoms with Crippen molar-refractivity contribution in [3.8, 4) is 5.88 Å². The Labute approximate surface area is 212 Å². The summed E-state index contributed by atoms with van der Waals surface area (Å²) in [5.41, 5.74) is 2.34. The molecule has 0 radical (unpaired) electrons. The highest BCUT2D eigenvalue weighted by atomic mass is 35.5. The largest absolute Gasteiger partial charge is 0.858 e. The van der Waals surface area contributed by atoms with E-state index in [1.54, 1.807) is 12.1 Å². The molecule has 1 aliphatic heterocycles. The molecule has 0 bridgehead atoms. The maximum Gasteiger partial charge on any atom is 0.277 e. The van der Waals surface area contributed by atoms with Gasteiger partial charge in [0.05, 0.1) is 28.6 Å². The number of halogens is 1. The highest BCUT2D eigenvalue weighted by Crippen LogP contribution is 2.37. The van der Waals surface area contributed by atoms with E-state index in [0.29, 0.717) is 22.6 Å². The molecule has 0 aliphatic carbocycles. The van der Waals surface area contributed by atoms with Crippen molar-refractivity contribution in [3.05, 3.63) is 105 Å². The molecule has 5 rings (SSSR count). The Morgan fingerprint density at radius 2 is 1.71 bits per heavy atom. The lowest BCUT2D eigenvalue weighted by Gasteiger charge is -2.25. The third kappa shape index (κ3) is 5.41. The minimum absolute atomic E-state index is 0. The van der Waals surface area contributed by atoms with Crippen molar-refractivity contribution in [2.24, 2.45) is 0 Å². The lowest BCUT2D eigenvalue weighted by molar-refractivity contribution is -0.284. The van der Waals surface area contributed by atoms with Crippen molar-refractivity contribution >= 4 is 29.1 Å². The van der Waals surface area contributed by atoms with Crippen molar-refractivity contribution in [2.75, 3.05) is 18.5 Å². The van der Waals surface area contributed by atoms with E-state index in [2.05, 4.69) is 10.4 Å². The molecule has 2 heterocycles. The van der Waals surface area contributed by atoms with Gasteiger partial charge in [0.1, 0.15) is 0 Å². The smallest absolute Gasteiger partial charge is 0.277 e. The number of H-pyrrole nitrogens is 1. The van der Waals surface area contributed by atoms with Gasteiger partial charge in [-0.3, -0.25) is 14.6 Å². The Bertz CT molecular complexity index is 1320. The van der Waals surface area contributed by atoms with E-state index in [4.69, 9.17) is 16.3 Å². The van der Waals surface area contributed by atoms with Crippen molar-refractivity contribution in [2.45, 2.75) is 28.3 Å². The first-order valence-electron chi connectivity index (χ1n) is 11.0. The van der Waals surface area contributed by atoms with Crippen molar-refractivity contribution in [1.82, 2.24) is 15.9 Å². The van der Waals surface area contributed by atoms with Gasteiger partial charge in [0.2, 0.25) is 0 Å². The van der Waals surface area contributed by atoms with Gasteiger partial charge in [-0.2, -0.15) is 0 Å². The highest BCUT2D eigenvalue weighted by molar-refractivity contribution is 7.99. The number of nitrogens with one attached hydrogen (secondary N) is 2. The monoisotopic (exact) mass is 509 g/mol. The van der Waals surface area contributed by atoms with Gasteiger partial charge >= 0.3 is 0 Å². The van der Waals surface area contributed by atoms with Crippen LogP contribution in [0.2, 0.25) is 5.02 Å². The molecule has 1 aliphatic rings. The number of ether oxygens (including phenoxy) is 1. The molecule has 9 heteroatoms. The van der Waals surface area contributed by atoms with Crippen molar-refractivity contribution in [1.29, 1.82) is 0 Å². The Morgan fingerprint density at radius 3 is 2.40 bits per heavy atom. The van der Waals surface area contributed by atoms with Gasteiger partial charge in [-0.25, -0.2) is 0 Å². The van der Waals surface area contributed by atoms with E-state index in [9.17, 15) is 9.90 Å². The number of nitrogens with zero attached hydrogens (tertiary/aromatic N) is 1. The zero-order chi connectivity index (χ0) is 23.5. The molecule has 2 atom stereocenters. The molecule has 1 aromatic heterocycles. The summed E-state index contributed by atoms with van der Waals surface area (Å²) < 4.78 is 6.85. The number of rotatable bonds is 7.